The first-order valence-corrected chi connectivity index (χ1v) is 11.8. The van der Waals surface area contributed by atoms with Crippen LogP contribution in [0.1, 0.15) is 43.5 Å². The van der Waals surface area contributed by atoms with E-state index in [0.29, 0.717) is 31.1 Å². The molecule has 2 aliphatic rings. The van der Waals surface area contributed by atoms with Gasteiger partial charge in [0.15, 0.2) is 0 Å². The van der Waals surface area contributed by atoms with Crippen LogP contribution in [0, 0.1) is 25.2 Å². The fourth-order valence-electron chi connectivity index (χ4n) is 5.16. The van der Waals surface area contributed by atoms with Gasteiger partial charge in [0.05, 0.1) is 42.2 Å². The van der Waals surface area contributed by atoms with Crippen LogP contribution in [0.4, 0.5) is 5.69 Å². The Morgan fingerprint density at radius 2 is 2.21 bits per heavy atom. The lowest BCUT2D eigenvalue weighted by Gasteiger charge is -2.41. The molecule has 5 rings (SSSR count). The molecule has 34 heavy (non-hydrogen) atoms. The molecule has 1 aliphatic carbocycles. The second-order valence-electron chi connectivity index (χ2n) is 9.13. The van der Waals surface area contributed by atoms with Gasteiger partial charge in [-0.3, -0.25) is 9.48 Å². The highest BCUT2D eigenvalue weighted by Crippen LogP contribution is 2.44. The molecule has 2 fully saturated rings. The van der Waals surface area contributed by atoms with E-state index in [9.17, 15) is 10.1 Å². The minimum atomic E-state index is -0.400. The Bertz CT molecular complexity index is 1320. The fraction of sp³-hybridized carbons (Fsp3) is 0.458. The highest BCUT2D eigenvalue weighted by Gasteiger charge is 2.41. The van der Waals surface area contributed by atoms with Gasteiger partial charge in [-0.2, -0.15) is 15.5 Å². The molecule has 1 saturated heterocycles. The Morgan fingerprint density at radius 1 is 1.38 bits per heavy atom. The number of pyridine rings is 1. The molecule has 1 saturated carbocycles. The first-order valence-electron chi connectivity index (χ1n) is 11.5. The Hall–Kier alpha value is -3.38. The summed E-state index contributed by atoms with van der Waals surface area (Å²) in [7, 11) is 0. The maximum Gasteiger partial charge on any atom is 0.285 e. The van der Waals surface area contributed by atoms with E-state index in [0.717, 1.165) is 48.2 Å². The number of aromatic nitrogens is 5. The number of halogens is 1. The number of nitrogens with one attached hydrogen (secondary N) is 1. The van der Waals surface area contributed by atoms with Gasteiger partial charge in [-0.15, -0.1) is 0 Å². The zero-order chi connectivity index (χ0) is 23.9. The summed E-state index contributed by atoms with van der Waals surface area (Å²) in [5, 5.41) is 20.5. The summed E-state index contributed by atoms with van der Waals surface area (Å²) in [6, 6.07) is 6.26. The van der Waals surface area contributed by atoms with Gasteiger partial charge in [-0.1, -0.05) is 11.6 Å². The van der Waals surface area contributed by atoms with Gasteiger partial charge in [0.1, 0.15) is 11.1 Å². The van der Waals surface area contributed by atoms with Crippen LogP contribution in [0.3, 0.4) is 0 Å². The third kappa shape index (κ3) is 3.82. The minimum absolute atomic E-state index is 0.0862. The van der Waals surface area contributed by atoms with E-state index in [2.05, 4.69) is 32.9 Å². The maximum atomic E-state index is 11.8. The number of nitrogens with zero attached hydrogens (tertiary/aromatic N) is 6. The standard InChI is InChI=1S/C24H26ClN7O2/c1-15-21(16(2)32(30-15)24(8-9-26)6-3-7-24)17-4-10-27-20(12-17)34-18-5-11-31(14-18)19-13-28-29-23(33)22(19)25/h4,10,12-13,18H,3,5-8,11,14H2,1-2H3,(H,29,33)/t18-/m1/s1. The van der Waals surface area contributed by atoms with E-state index in [1.54, 1.807) is 12.4 Å². The van der Waals surface area contributed by atoms with Crippen molar-refractivity contribution < 1.29 is 4.74 Å². The van der Waals surface area contributed by atoms with Crippen molar-refractivity contribution in [3.05, 3.63) is 51.3 Å². The molecule has 3 aromatic rings. The number of nitriles is 1. The van der Waals surface area contributed by atoms with Gasteiger partial charge in [0, 0.05) is 36.5 Å². The van der Waals surface area contributed by atoms with Crippen molar-refractivity contribution in [3.8, 4) is 23.1 Å². The van der Waals surface area contributed by atoms with E-state index >= 15 is 0 Å². The highest BCUT2D eigenvalue weighted by atomic mass is 35.5. The lowest BCUT2D eigenvalue weighted by molar-refractivity contribution is 0.126. The van der Waals surface area contributed by atoms with Crippen LogP contribution in [0.15, 0.2) is 29.3 Å². The summed E-state index contributed by atoms with van der Waals surface area (Å²) in [5.74, 6) is 0.543. The van der Waals surface area contributed by atoms with Crippen LogP contribution in [0.25, 0.3) is 11.1 Å². The molecule has 1 atom stereocenters. The van der Waals surface area contributed by atoms with Gasteiger partial charge in [0.25, 0.3) is 5.56 Å². The highest BCUT2D eigenvalue weighted by molar-refractivity contribution is 6.33. The first-order chi connectivity index (χ1) is 16.4. The molecule has 0 bridgehead atoms. The number of aryl methyl sites for hydroxylation is 1. The Morgan fingerprint density at radius 3 is 2.94 bits per heavy atom. The summed E-state index contributed by atoms with van der Waals surface area (Å²) in [5.41, 5.74) is 4.08. The fourth-order valence-corrected chi connectivity index (χ4v) is 5.37. The lowest BCUT2D eigenvalue weighted by atomic mass is 9.74. The van der Waals surface area contributed by atoms with Gasteiger partial charge in [-0.25, -0.2) is 10.1 Å². The number of hydrogen-bond acceptors (Lipinski definition) is 7. The van der Waals surface area contributed by atoms with Crippen molar-refractivity contribution in [1.29, 1.82) is 5.26 Å². The Kier molecular flexibility index (Phi) is 5.78. The van der Waals surface area contributed by atoms with Crippen LogP contribution in [-0.2, 0) is 5.54 Å². The van der Waals surface area contributed by atoms with Crippen molar-refractivity contribution in [2.75, 3.05) is 18.0 Å². The summed E-state index contributed by atoms with van der Waals surface area (Å²) >= 11 is 6.16. The number of aromatic amines is 1. The van der Waals surface area contributed by atoms with E-state index < -0.39 is 5.56 Å². The molecule has 10 heteroatoms. The lowest BCUT2D eigenvalue weighted by Crippen LogP contribution is -2.41. The summed E-state index contributed by atoms with van der Waals surface area (Å²) in [4.78, 5) is 18.2. The molecule has 0 unspecified atom stereocenters. The van der Waals surface area contributed by atoms with Gasteiger partial charge < -0.3 is 9.64 Å². The molecule has 0 radical (unpaired) electrons. The van der Waals surface area contributed by atoms with Crippen molar-refractivity contribution >= 4 is 17.3 Å². The molecule has 1 N–H and O–H groups in total. The molecule has 0 aromatic carbocycles. The smallest absolute Gasteiger partial charge is 0.285 e. The number of anilines is 1. The average Bonchev–Trinajstić information content (AvgIpc) is 3.37. The molecule has 0 spiro atoms. The quantitative estimate of drug-likeness (QED) is 0.572. The molecule has 4 heterocycles. The SMILES string of the molecule is Cc1nn(C2(CC#N)CCC2)c(C)c1-c1ccnc(O[C@@H]2CCN(c3cn[nH]c(=O)c3Cl)C2)c1. The molecule has 176 valence electrons. The van der Waals surface area contributed by atoms with E-state index in [-0.39, 0.29) is 16.7 Å². The van der Waals surface area contributed by atoms with Gasteiger partial charge in [0.2, 0.25) is 5.88 Å². The molecule has 3 aromatic heterocycles. The Labute approximate surface area is 202 Å². The normalized spacial score (nSPS) is 19.0. The first kappa shape index (κ1) is 22.4. The van der Waals surface area contributed by atoms with Crippen molar-refractivity contribution in [2.24, 2.45) is 0 Å². The summed E-state index contributed by atoms with van der Waals surface area (Å²) in [6.07, 6.45) is 7.58. The predicted octanol–water partition coefficient (Wildman–Crippen LogP) is 3.75. The third-order valence-electron chi connectivity index (χ3n) is 7.01. The number of hydrogen-bond donors (Lipinski definition) is 1. The third-order valence-corrected chi connectivity index (χ3v) is 7.37. The van der Waals surface area contributed by atoms with Crippen LogP contribution < -0.4 is 15.2 Å². The topological polar surface area (TPSA) is 113 Å². The van der Waals surface area contributed by atoms with Crippen molar-refractivity contribution in [3.63, 3.8) is 0 Å². The number of rotatable bonds is 6. The van der Waals surface area contributed by atoms with E-state index in [1.807, 2.05) is 24.0 Å². The van der Waals surface area contributed by atoms with Crippen LogP contribution >= 0.6 is 11.6 Å². The maximum absolute atomic E-state index is 11.8. The zero-order valence-electron chi connectivity index (χ0n) is 19.2. The van der Waals surface area contributed by atoms with Crippen molar-refractivity contribution in [1.82, 2.24) is 25.0 Å². The predicted molar refractivity (Wildman–Crippen MR) is 128 cm³/mol. The van der Waals surface area contributed by atoms with Crippen molar-refractivity contribution in [2.45, 2.75) is 57.6 Å². The number of H-pyrrole nitrogens is 1. The van der Waals surface area contributed by atoms with Crippen LogP contribution in [0.2, 0.25) is 5.02 Å². The summed E-state index contributed by atoms with van der Waals surface area (Å²) in [6.45, 7) is 5.37. The Balaban J connectivity index is 1.36. The second-order valence-corrected chi connectivity index (χ2v) is 9.50. The van der Waals surface area contributed by atoms with Crippen LogP contribution in [0.5, 0.6) is 5.88 Å². The van der Waals surface area contributed by atoms with Crippen LogP contribution in [-0.4, -0.2) is 44.2 Å². The van der Waals surface area contributed by atoms with E-state index in [1.165, 1.54) is 0 Å². The monoisotopic (exact) mass is 479 g/mol. The van der Waals surface area contributed by atoms with Gasteiger partial charge in [-0.05, 0) is 44.7 Å². The average molecular weight is 480 g/mol. The zero-order valence-corrected chi connectivity index (χ0v) is 20.0. The van der Waals surface area contributed by atoms with E-state index in [4.69, 9.17) is 21.4 Å². The second kappa shape index (κ2) is 8.76. The van der Waals surface area contributed by atoms with Gasteiger partial charge >= 0.3 is 0 Å². The molecule has 9 nitrogen and oxygen atoms in total. The molecular weight excluding hydrogens is 454 g/mol. The summed E-state index contributed by atoms with van der Waals surface area (Å²) < 4.78 is 8.28. The molecule has 1 aliphatic heterocycles. The molecular formula is C24H26ClN7O2. The largest absolute Gasteiger partial charge is 0.472 e. The molecule has 0 amide bonds. The minimum Gasteiger partial charge on any atom is -0.472 e. The number of ether oxygens (including phenoxy) is 1.